The van der Waals surface area contributed by atoms with E-state index >= 15 is 0 Å². The van der Waals surface area contributed by atoms with Gasteiger partial charge in [0.15, 0.2) is 0 Å². The molecule has 36 heavy (non-hydrogen) atoms. The summed E-state index contributed by atoms with van der Waals surface area (Å²) in [6.07, 6.45) is 6.35. The fourth-order valence-corrected chi connectivity index (χ4v) is 4.82. The Balaban J connectivity index is 1.45. The van der Waals surface area contributed by atoms with E-state index in [2.05, 4.69) is 53.1 Å². The number of halogens is 2. The number of hydrogen-bond donors (Lipinski definition) is 3. The minimum atomic E-state index is -0.938. The molecule has 0 radical (unpaired) electrons. The van der Waals surface area contributed by atoms with E-state index in [4.69, 9.17) is 0 Å². The molecule has 0 saturated heterocycles. The van der Waals surface area contributed by atoms with Gasteiger partial charge in [0.05, 0.1) is 12.1 Å². The molecule has 0 aliphatic heterocycles. The third-order valence-electron chi connectivity index (χ3n) is 6.56. The highest BCUT2D eigenvalue weighted by Gasteiger charge is 2.25. The molecule has 0 aromatic heterocycles. The van der Waals surface area contributed by atoms with Gasteiger partial charge in [-0.05, 0) is 71.7 Å². The number of fused-ring (bicyclic) bond motifs is 1. The summed E-state index contributed by atoms with van der Waals surface area (Å²) in [7, 11) is 0. The fraction of sp³-hybridized carbons (Fsp3) is 0.300. The summed E-state index contributed by atoms with van der Waals surface area (Å²) >= 11 is 0. The zero-order valence-electron chi connectivity index (χ0n) is 20.4. The fourth-order valence-electron chi connectivity index (χ4n) is 4.82. The van der Waals surface area contributed by atoms with Crippen LogP contribution in [0.3, 0.4) is 0 Å². The molecule has 6 heteroatoms. The molecule has 0 saturated carbocycles. The van der Waals surface area contributed by atoms with Crippen LogP contribution in [0.5, 0.6) is 0 Å². The molecule has 188 valence electrons. The van der Waals surface area contributed by atoms with Gasteiger partial charge in [-0.15, -0.1) is 0 Å². The van der Waals surface area contributed by atoms with E-state index in [1.807, 2.05) is 18.2 Å². The van der Waals surface area contributed by atoms with Crippen molar-refractivity contribution >= 4 is 18.1 Å². The summed E-state index contributed by atoms with van der Waals surface area (Å²) in [6, 6.07) is 19.3. The lowest BCUT2D eigenvalue weighted by Crippen LogP contribution is -2.48. The molecule has 3 atom stereocenters. The van der Waals surface area contributed by atoms with Crippen molar-refractivity contribution in [3.63, 3.8) is 0 Å². The molecular weight excluding hydrogens is 458 g/mol. The SMILES string of the molecule is CC(=O)NC(Cc1cc(F)cc(F)c1)C(O)CNC1CCCc2ccc(C=Cc3ccccc3)cc21. The monoisotopic (exact) mass is 490 g/mol. The lowest BCUT2D eigenvalue weighted by atomic mass is 9.86. The number of aryl methyl sites for hydroxylation is 1. The molecule has 3 aromatic carbocycles. The van der Waals surface area contributed by atoms with Crippen molar-refractivity contribution in [1.82, 2.24) is 10.6 Å². The van der Waals surface area contributed by atoms with Gasteiger partial charge in [0.2, 0.25) is 5.91 Å². The van der Waals surface area contributed by atoms with Crippen LogP contribution in [0.1, 0.15) is 53.6 Å². The second-order valence-electron chi connectivity index (χ2n) is 9.41. The van der Waals surface area contributed by atoms with Gasteiger partial charge < -0.3 is 15.7 Å². The second kappa shape index (κ2) is 12.1. The molecule has 1 aliphatic rings. The first-order valence-electron chi connectivity index (χ1n) is 12.4. The number of amides is 1. The Morgan fingerprint density at radius 2 is 1.75 bits per heavy atom. The van der Waals surface area contributed by atoms with E-state index in [1.165, 1.54) is 30.2 Å². The highest BCUT2D eigenvalue weighted by Crippen LogP contribution is 2.31. The number of carbonyl (C=O) groups is 1. The molecule has 0 bridgehead atoms. The topological polar surface area (TPSA) is 61.4 Å². The zero-order valence-corrected chi connectivity index (χ0v) is 20.4. The summed E-state index contributed by atoms with van der Waals surface area (Å²) in [5.74, 6) is -1.68. The Kier molecular flexibility index (Phi) is 8.62. The van der Waals surface area contributed by atoms with Gasteiger partial charge >= 0.3 is 0 Å². The maximum Gasteiger partial charge on any atom is 0.217 e. The maximum absolute atomic E-state index is 13.7. The van der Waals surface area contributed by atoms with E-state index in [0.29, 0.717) is 5.56 Å². The van der Waals surface area contributed by atoms with Crippen LogP contribution in [-0.2, 0) is 17.6 Å². The molecule has 4 rings (SSSR count). The van der Waals surface area contributed by atoms with Crippen molar-refractivity contribution in [2.45, 2.75) is 50.8 Å². The molecule has 0 heterocycles. The summed E-state index contributed by atoms with van der Waals surface area (Å²) in [5.41, 5.74) is 5.13. The van der Waals surface area contributed by atoms with E-state index in [0.717, 1.165) is 36.5 Å². The number of aliphatic hydroxyl groups excluding tert-OH is 1. The lowest BCUT2D eigenvalue weighted by Gasteiger charge is -2.30. The first-order valence-corrected chi connectivity index (χ1v) is 12.4. The number of aliphatic hydroxyl groups is 1. The Morgan fingerprint density at radius 1 is 1.03 bits per heavy atom. The van der Waals surface area contributed by atoms with Crippen molar-refractivity contribution in [1.29, 1.82) is 0 Å². The van der Waals surface area contributed by atoms with Crippen molar-refractivity contribution in [3.8, 4) is 0 Å². The minimum absolute atomic E-state index is 0.0677. The Hall–Kier alpha value is -3.35. The van der Waals surface area contributed by atoms with Gasteiger partial charge in [0.1, 0.15) is 11.6 Å². The van der Waals surface area contributed by atoms with Crippen molar-refractivity contribution in [2.24, 2.45) is 0 Å². The third kappa shape index (κ3) is 7.09. The van der Waals surface area contributed by atoms with Crippen LogP contribution in [0.25, 0.3) is 12.2 Å². The smallest absolute Gasteiger partial charge is 0.217 e. The number of hydrogen-bond acceptors (Lipinski definition) is 3. The lowest BCUT2D eigenvalue weighted by molar-refractivity contribution is -0.120. The Morgan fingerprint density at radius 3 is 2.47 bits per heavy atom. The molecule has 4 nitrogen and oxygen atoms in total. The highest BCUT2D eigenvalue weighted by atomic mass is 19.1. The van der Waals surface area contributed by atoms with Crippen molar-refractivity contribution in [3.05, 3.63) is 106 Å². The van der Waals surface area contributed by atoms with E-state index < -0.39 is 23.8 Å². The number of rotatable bonds is 9. The molecule has 1 aliphatic carbocycles. The molecule has 1 amide bonds. The zero-order chi connectivity index (χ0) is 25.5. The average Bonchev–Trinajstić information content (AvgIpc) is 2.85. The van der Waals surface area contributed by atoms with E-state index in [1.54, 1.807) is 0 Å². The second-order valence-corrected chi connectivity index (χ2v) is 9.41. The largest absolute Gasteiger partial charge is 0.390 e. The molecule has 0 spiro atoms. The average molecular weight is 491 g/mol. The number of carbonyl (C=O) groups excluding carboxylic acids is 1. The molecular formula is C30H32F2N2O2. The molecule has 3 aromatic rings. The number of benzene rings is 3. The van der Waals surface area contributed by atoms with Crippen LogP contribution in [0, 0.1) is 11.6 Å². The third-order valence-corrected chi connectivity index (χ3v) is 6.56. The minimum Gasteiger partial charge on any atom is -0.390 e. The Labute approximate surface area is 211 Å². The van der Waals surface area contributed by atoms with Gasteiger partial charge in [0.25, 0.3) is 0 Å². The molecule has 3 unspecified atom stereocenters. The van der Waals surface area contributed by atoms with Gasteiger partial charge in [-0.3, -0.25) is 4.79 Å². The van der Waals surface area contributed by atoms with E-state index in [9.17, 15) is 18.7 Å². The van der Waals surface area contributed by atoms with Crippen LogP contribution in [0.4, 0.5) is 8.78 Å². The quantitative estimate of drug-likeness (QED) is 0.361. The van der Waals surface area contributed by atoms with Crippen molar-refractivity contribution < 1.29 is 18.7 Å². The van der Waals surface area contributed by atoms with Gasteiger partial charge in [-0.1, -0.05) is 54.6 Å². The van der Waals surface area contributed by atoms with Crippen LogP contribution < -0.4 is 10.6 Å². The van der Waals surface area contributed by atoms with Crippen LogP contribution in [0.15, 0.2) is 66.7 Å². The van der Waals surface area contributed by atoms with Gasteiger partial charge in [-0.25, -0.2) is 8.78 Å². The molecule has 3 N–H and O–H groups in total. The maximum atomic E-state index is 13.7. The predicted molar refractivity (Wildman–Crippen MR) is 139 cm³/mol. The predicted octanol–water partition coefficient (Wildman–Crippen LogP) is 5.21. The van der Waals surface area contributed by atoms with Gasteiger partial charge in [0, 0.05) is 25.6 Å². The summed E-state index contributed by atoms with van der Waals surface area (Å²) in [5, 5.41) is 17.1. The van der Waals surface area contributed by atoms with Crippen LogP contribution in [0.2, 0.25) is 0 Å². The summed E-state index contributed by atoms with van der Waals surface area (Å²) in [4.78, 5) is 11.8. The number of nitrogens with one attached hydrogen (secondary N) is 2. The van der Waals surface area contributed by atoms with Gasteiger partial charge in [-0.2, -0.15) is 0 Å². The van der Waals surface area contributed by atoms with Crippen LogP contribution in [-0.4, -0.2) is 29.7 Å². The molecule has 0 fully saturated rings. The standard InChI is InChI=1S/C30H32F2N2O2/c1-20(35)34-29(17-23-14-25(31)18-26(32)15-23)30(36)19-33-28-9-5-8-24-13-12-22(16-27(24)28)11-10-21-6-3-2-4-7-21/h2-4,6-7,10-16,18,28-30,33,36H,5,8-9,17,19H2,1H3,(H,34,35). The summed E-state index contributed by atoms with van der Waals surface area (Å²) < 4.78 is 27.3. The van der Waals surface area contributed by atoms with Crippen LogP contribution >= 0.6 is 0 Å². The summed E-state index contributed by atoms with van der Waals surface area (Å²) in [6.45, 7) is 1.60. The highest BCUT2D eigenvalue weighted by molar-refractivity contribution is 5.73. The Bertz CT molecular complexity index is 1190. The first-order chi connectivity index (χ1) is 17.4. The van der Waals surface area contributed by atoms with E-state index in [-0.39, 0.29) is 24.9 Å². The normalized spacial score (nSPS) is 16.9. The van der Waals surface area contributed by atoms with Crippen molar-refractivity contribution in [2.75, 3.05) is 6.54 Å². The first kappa shape index (κ1) is 25.7.